The molecule has 1 unspecified atom stereocenters. The van der Waals surface area contributed by atoms with Gasteiger partial charge in [0.1, 0.15) is 11.6 Å². The van der Waals surface area contributed by atoms with Gasteiger partial charge in [0.15, 0.2) is 6.10 Å². The first kappa shape index (κ1) is 16.9. The molecule has 0 spiro atoms. The molecule has 2 rings (SSSR count). The van der Waals surface area contributed by atoms with Crippen LogP contribution in [0.1, 0.15) is 6.23 Å². The van der Waals surface area contributed by atoms with E-state index in [9.17, 15) is 28.5 Å². The van der Waals surface area contributed by atoms with E-state index >= 15 is 0 Å². The third-order valence-electron chi connectivity index (χ3n) is 2.86. The normalized spacial score (nSPS) is 30.1. The lowest BCUT2D eigenvalue weighted by Gasteiger charge is -2.25. The minimum absolute atomic E-state index is 0.358. The molecule has 1 aromatic heterocycles. The average molecular weight is 341 g/mol. The molecule has 0 saturated carbocycles. The fourth-order valence-electron chi connectivity index (χ4n) is 1.86. The number of alkyl halides is 2. The lowest BCUT2D eigenvalue weighted by atomic mass is 10.1. The molecule has 1 aliphatic rings. The van der Waals surface area contributed by atoms with Gasteiger partial charge in [-0.2, -0.15) is 8.78 Å². The number of ether oxygens (including phenoxy) is 1. The molecule has 13 heteroatoms. The highest BCUT2D eigenvalue weighted by molar-refractivity contribution is 7.44. The molecule has 0 aromatic carbocycles. The zero-order chi connectivity index (χ0) is 16.7. The van der Waals surface area contributed by atoms with Crippen LogP contribution in [0, 0.1) is 5.41 Å². The summed E-state index contributed by atoms with van der Waals surface area (Å²) in [6.45, 7) is -1.07. The quantitative estimate of drug-likeness (QED) is 0.520. The molecule has 1 aliphatic heterocycles. The monoisotopic (exact) mass is 341 g/mol. The Morgan fingerprint density at radius 3 is 2.82 bits per heavy atom. The molecule has 3 N–H and O–H groups in total. The van der Waals surface area contributed by atoms with Crippen molar-refractivity contribution in [3.05, 3.63) is 17.8 Å². The number of aliphatic hydroxyl groups excluding tert-OH is 1. The minimum Gasteiger partial charge on any atom is -0.846 e. The lowest BCUT2D eigenvalue weighted by molar-refractivity contribution is -0.294. The number of halogens is 2. The van der Waals surface area contributed by atoms with E-state index in [1.165, 1.54) is 0 Å². The zero-order valence-corrected chi connectivity index (χ0v) is 11.5. The Morgan fingerprint density at radius 2 is 2.27 bits per heavy atom. The van der Waals surface area contributed by atoms with Gasteiger partial charge in [-0.1, -0.05) is 0 Å². The van der Waals surface area contributed by atoms with Crippen LogP contribution in [0.5, 0.6) is 6.01 Å². The number of aromatic nitrogens is 2. The van der Waals surface area contributed by atoms with Crippen molar-refractivity contribution in [2.75, 3.05) is 6.61 Å². The molecule has 2 heterocycles. The van der Waals surface area contributed by atoms with Crippen LogP contribution in [-0.2, 0) is 13.8 Å². The summed E-state index contributed by atoms with van der Waals surface area (Å²) < 4.78 is 47.4. The van der Waals surface area contributed by atoms with Gasteiger partial charge in [0.05, 0.1) is 12.6 Å². The largest absolute Gasteiger partial charge is 0.846 e. The van der Waals surface area contributed by atoms with Crippen LogP contribution < -0.4 is 15.5 Å². The third kappa shape index (κ3) is 3.32. The second-order valence-electron chi connectivity index (χ2n) is 4.41. The maximum atomic E-state index is 14.0. The number of aliphatic hydroxyl groups is 1. The van der Waals surface area contributed by atoms with Crippen LogP contribution in [0.3, 0.4) is 0 Å². The van der Waals surface area contributed by atoms with Gasteiger partial charge in [0, 0.05) is 6.20 Å². The summed E-state index contributed by atoms with van der Waals surface area (Å²) >= 11 is 0. The number of rotatable bonds is 4. The van der Waals surface area contributed by atoms with Crippen LogP contribution >= 0.6 is 7.82 Å². The predicted octanol–water partition coefficient (Wildman–Crippen LogP) is -2.19. The Labute approximate surface area is 121 Å². The van der Waals surface area contributed by atoms with Gasteiger partial charge in [0.25, 0.3) is 7.82 Å². The van der Waals surface area contributed by atoms with Gasteiger partial charge >= 0.3 is 5.92 Å². The Bertz CT molecular complexity index is 663. The first-order valence-corrected chi connectivity index (χ1v) is 7.22. The van der Waals surface area contributed by atoms with Gasteiger partial charge in [-0.15, -0.1) is 0 Å². The Kier molecular flexibility index (Phi) is 4.35. The van der Waals surface area contributed by atoms with Crippen molar-refractivity contribution in [1.82, 2.24) is 9.55 Å². The van der Waals surface area contributed by atoms with E-state index in [0.29, 0.717) is 4.57 Å². The average Bonchev–Trinajstić information content (AvgIpc) is 2.59. The second kappa shape index (κ2) is 5.65. The molecule has 124 valence electrons. The summed E-state index contributed by atoms with van der Waals surface area (Å²) in [6, 6.07) is -0.251. The van der Waals surface area contributed by atoms with Crippen LogP contribution in [0.15, 0.2) is 12.3 Å². The van der Waals surface area contributed by atoms with Gasteiger partial charge in [-0.05, 0) is 6.07 Å². The van der Waals surface area contributed by atoms with E-state index in [4.69, 9.17) is 15.0 Å². The number of phosphoric ester groups is 1. The summed E-state index contributed by atoms with van der Waals surface area (Å²) in [7, 11) is -5.19. The van der Waals surface area contributed by atoms with Crippen LogP contribution in [0.25, 0.3) is 0 Å². The molecule has 1 saturated heterocycles. The topological polar surface area (TPSA) is 164 Å². The predicted molar refractivity (Wildman–Crippen MR) is 58.2 cm³/mol. The van der Waals surface area contributed by atoms with Crippen LogP contribution in [0.4, 0.5) is 8.78 Å². The fourth-order valence-corrected chi connectivity index (χ4v) is 2.20. The second-order valence-corrected chi connectivity index (χ2v) is 5.61. The van der Waals surface area contributed by atoms with Gasteiger partial charge in [-0.25, -0.2) is 4.98 Å². The summed E-state index contributed by atoms with van der Waals surface area (Å²) in [6.07, 6.45) is -5.72. The molecular weight excluding hydrogens is 331 g/mol. The number of nitrogens with one attached hydrogen (secondary N) is 1. The number of nitrogens with zero attached hydrogens (tertiary/aromatic N) is 2. The highest BCUT2D eigenvalue weighted by atomic mass is 31.2. The molecular formula is C9H10F2N3O7P-2. The van der Waals surface area contributed by atoms with Crippen molar-refractivity contribution in [3.8, 4) is 6.01 Å². The lowest BCUT2D eigenvalue weighted by Crippen LogP contribution is -2.40. The molecule has 1 aromatic rings. The summed E-state index contributed by atoms with van der Waals surface area (Å²) in [5, 5.41) is 28.1. The molecule has 22 heavy (non-hydrogen) atoms. The van der Waals surface area contributed by atoms with E-state index in [1.807, 2.05) is 0 Å². The summed E-state index contributed by atoms with van der Waals surface area (Å²) in [4.78, 5) is 22.0. The smallest absolute Gasteiger partial charge is 0.320 e. The van der Waals surface area contributed by atoms with E-state index < -0.39 is 50.3 Å². The standard InChI is InChI=1S/C9H12F2N3O7P/c10-9(11)6(15)4(3-20-22(17,18)19)21-7(9)14-2-1-5(12)13-8(14)16/h1-2,4,6-7,15H,3H2,(H2,12,13,16)(H2,17,18,19)/p-2/t4-,6-,7-/m1/s1. The molecule has 1 fully saturated rings. The molecule has 4 atom stereocenters. The Hall–Kier alpha value is -1.43. The van der Waals surface area contributed by atoms with Crippen LogP contribution in [0.2, 0.25) is 0 Å². The molecule has 0 radical (unpaired) electrons. The molecule has 10 nitrogen and oxygen atoms in total. The van der Waals surface area contributed by atoms with Crippen molar-refractivity contribution in [2.24, 2.45) is 0 Å². The van der Waals surface area contributed by atoms with E-state index in [-0.39, 0.29) is 0 Å². The Morgan fingerprint density at radius 1 is 1.64 bits per heavy atom. The number of hydrogen-bond donors (Lipinski definition) is 3. The molecule has 0 aliphatic carbocycles. The number of hydrogen-bond acceptors (Lipinski definition) is 8. The fraction of sp³-hybridized carbons (Fsp3) is 0.556. The number of phosphoric acid groups is 1. The van der Waals surface area contributed by atoms with Crippen LogP contribution in [-0.4, -0.2) is 44.3 Å². The minimum atomic E-state index is -5.19. The van der Waals surface area contributed by atoms with E-state index in [2.05, 4.69) is 9.51 Å². The SMILES string of the molecule is N=c1ccn([C@@H]2O[C@H](COP(=O)([O-])O)[C@@H](O)C2(F)F)c([O-])n1. The first-order chi connectivity index (χ1) is 10.0. The zero-order valence-electron chi connectivity index (χ0n) is 10.6. The molecule has 0 amide bonds. The molecule has 0 bridgehead atoms. The maximum Gasteiger partial charge on any atom is 0.320 e. The third-order valence-corrected chi connectivity index (χ3v) is 3.34. The van der Waals surface area contributed by atoms with Gasteiger partial charge in [-0.3, -0.25) is 9.97 Å². The van der Waals surface area contributed by atoms with Crippen molar-refractivity contribution in [1.29, 1.82) is 5.41 Å². The highest BCUT2D eigenvalue weighted by Crippen LogP contribution is 2.44. The van der Waals surface area contributed by atoms with Crippen molar-refractivity contribution in [3.63, 3.8) is 0 Å². The van der Waals surface area contributed by atoms with E-state index in [1.54, 1.807) is 0 Å². The van der Waals surface area contributed by atoms with E-state index in [0.717, 1.165) is 12.3 Å². The van der Waals surface area contributed by atoms with Crippen molar-refractivity contribution < 1.29 is 42.6 Å². The van der Waals surface area contributed by atoms with Crippen molar-refractivity contribution in [2.45, 2.75) is 24.4 Å². The van der Waals surface area contributed by atoms with Gasteiger partial charge < -0.3 is 33.8 Å². The Balaban J connectivity index is 2.26. The first-order valence-electron chi connectivity index (χ1n) is 5.73. The van der Waals surface area contributed by atoms with Gasteiger partial charge in [0.2, 0.25) is 6.23 Å². The highest BCUT2D eigenvalue weighted by Gasteiger charge is 2.59. The maximum absolute atomic E-state index is 14.0. The van der Waals surface area contributed by atoms with Crippen molar-refractivity contribution >= 4 is 7.82 Å². The summed E-state index contributed by atoms with van der Waals surface area (Å²) in [5.74, 6) is -3.95. The summed E-state index contributed by atoms with van der Waals surface area (Å²) in [5.41, 5.74) is -0.449.